The molecule has 1 fully saturated rings. The number of carboxylic acid groups (broad SMARTS) is 1. The van der Waals surface area contributed by atoms with Gasteiger partial charge in [0.1, 0.15) is 5.82 Å². The Labute approximate surface area is 99.1 Å². The molecule has 2 atom stereocenters. The first-order valence-corrected chi connectivity index (χ1v) is 5.61. The minimum absolute atomic E-state index is 0.133. The quantitative estimate of drug-likeness (QED) is 0.864. The molecule has 0 spiro atoms. The van der Waals surface area contributed by atoms with Crippen LogP contribution in [-0.4, -0.2) is 34.0 Å². The van der Waals surface area contributed by atoms with Gasteiger partial charge < -0.3 is 5.11 Å². The summed E-state index contributed by atoms with van der Waals surface area (Å²) in [4.78, 5) is 16.8. The average molecular weight is 238 g/mol. The first-order valence-electron chi connectivity index (χ1n) is 5.61. The van der Waals surface area contributed by atoms with Crippen LogP contribution in [-0.2, 0) is 11.3 Å². The molecule has 0 radical (unpaired) electrons. The molecule has 2 unspecified atom stereocenters. The van der Waals surface area contributed by atoms with Crippen LogP contribution in [0.2, 0.25) is 0 Å². The minimum atomic E-state index is -0.752. The standard InChI is InChI=1S/C12H15FN2O2/c1-8-5-15(7-11(8)12(16)17)6-9-2-10(13)4-14-3-9/h2-4,8,11H,5-7H2,1H3,(H,16,17). The molecule has 2 heterocycles. The Kier molecular flexibility index (Phi) is 3.38. The molecule has 1 aromatic heterocycles. The topological polar surface area (TPSA) is 53.4 Å². The van der Waals surface area contributed by atoms with Crippen molar-refractivity contribution in [1.29, 1.82) is 0 Å². The molecule has 0 amide bonds. The van der Waals surface area contributed by atoms with Gasteiger partial charge in [0.2, 0.25) is 0 Å². The van der Waals surface area contributed by atoms with E-state index in [4.69, 9.17) is 5.11 Å². The number of hydrogen-bond donors (Lipinski definition) is 1. The van der Waals surface area contributed by atoms with Crippen LogP contribution in [0.25, 0.3) is 0 Å². The van der Waals surface area contributed by atoms with E-state index < -0.39 is 5.97 Å². The molecule has 17 heavy (non-hydrogen) atoms. The summed E-state index contributed by atoms with van der Waals surface area (Å²) in [5, 5.41) is 9.01. The van der Waals surface area contributed by atoms with Gasteiger partial charge in [-0.25, -0.2) is 4.39 Å². The number of carboxylic acids is 1. The van der Waals surface area contributed by atoms with Gasteiger partial charge in [0.05, 0.1) is 12.1 Å². The summed E-state index contributed by atoms with van der Waals surface area (Å²) in [7, 11) is 0. The molecule has 1 aliphatic heterocycles. The predicted octanol–water partition coefficient (Wildman–Crippen LogP) is 1.37. The van der Waals surface area contributed by atoms with Crippen molar-refractivity contribution in [3.05, 3.63) is 29.8 Å². The van der Waals surface area contributed by atoms with Crippen molar-refractivity contribution in [1.82, 2.24) is 9.88 Å². The van der Waals surface area contributed by atoms with Crippen LogP contribution in [0, 0.1) is 17.7 Å². The lowest BCUT2D eigenvalue weighted by Crippen LogP contribution is -2.23. The van der Waals surface area contributed by atoms with Gasteiger partial charge in [0, 0.05) is 25.8 Å². The van der Waals surface area contributed by atoms with Gasteiger partial charge in [0.25, 0.3) is 0 Å². The fourth-order valence-corrected chi connectivity index (χ4v) is 2.32. The molecule has 1 aliphatic rings. The third-order valence-corrected chi connectivity index (χ3v) is 3.17. The molecule has 92 valence electrons. The highest BCUT2D eigenvalue weighted by Gasteiger charge is 2.34. The number of pyridine rings is 1. The van der Waals surface area contributed by atoms with Crippen molar-refractivity contribution >= 4 is 5.97 Å². The normalized spacial score (nSPS) is 25.1. The van der Waals surface area contributed by atoms with E-state index in [0.29, 0.717) is 13.1 Å². The lowest BCUT2D eigenvalue weighted by atomic mass is 9.99. The molecule has 0 saturated carbocycles. The van der Waals surface area contributed by atoms with Crippen molar-refractivity contribution in [2.75, 3.05) is 13.1 Å². The van der Waals surface area contributed by atoms with Crippen molar-refractivity contribution in [2.24, 2.45) is 11.8 Å². The van der Waals surface area contributed by atoms with Crippen LogP contribution in [0.15, 0.2) is 18.5 Å². The van der Waals surface area contributed by atoms with Crippen LogP contribution in [0.1, 0.15) is 12.5 Å². The molecule has 0 aliphatic carbocycles. The second-order valence-corrected chi connectivity index (χ2v) is 4.63. The zero-order valence-corrected chi connectivity index (χ0v) is 9.64. The molecular weight excluding hydrogens is 223 g/mol. The number of nitrogens with zero attached hydrogens (tertiary/aromatic N) is 2. The average Bonchev–Trinajstić information content (AvgIpc) is 2.59. The van der Waals surface area contributed by atoms with Gasteiger partial charge in [-0.3, -0.25) is 14.7 Å². The van der Waals surface area contributed by atoms with E-state index in [2.05, 4.69) is 4.98 Å². The third-order valence-electron chi connectivity index (χ3n) is 3.17. The van der Waals surface area contributed by atoms with E-state index in [-0.39, 0.29) is 17.7 Å². The Bertz CT molecular complexity index is 425. The Morgan fingerprint density at radius 2 is 2.35 bits per heavy atom. The van der Waals surface area contributed by atoms with E-state index in [0.717, 1.165) is 18.3 Å². The number of hydrogen-bond acceptors (Lipinski definition) is 3. The van der Waals surface area contributed by atoms with Crippen LogP contribution >= 0.6 is 0 Å². The highest BCUT2D eigenvalue weighted by molar-refractivity contribution is 5.71. The van der Waals surface area contributed by atoms with E-state index in [9.17, 15) is 9.18 Å². The zero-order chi connectivity index (χ0) is 12.4. The molecule has 1 N–H and O–H groups in total. The summed E-state index contributed by atoms with van der Waals surface area (Å²) in [6, 6.07) is 1.44. The number of aromatic nitrogens is 1. The molecule has 5 heteroatoms. The third kappa shape index (κ3) is 2.79. The Hall–Kier alpha value is -1.49. The summed E-state index contributed by atoms with van der Waals surface area (Å²) in [5.41, 5.74) is 0.781. The van der Waals surface area contributed by atoms with Crippen LogP contribution in [0.4, 0.5) is 4.39 Å². The molecule has 4 nitrogen and oxygen atoms in total. The Morgan fingerprint density at radius 1 is 1.59 bits per heavy atom. The van der Waals surface area contributed by atoms with Gasteiger partial charge in [-0.2, -0.15) is 0 Å². The maximum atomic E-state index is 12.9. The summed E-state index contributed by atoms with van der Waals surface area (Å²) < 4.78 is 12.9. The van der Waals surface area contributed by atoms with Crippen LogP contribution in [0.5, 0.6) is 0 Å². The second-order valence-electron chi connectivity index (χ2n) is 4.63. The van der Waals surface area contributed by atoms with E-state index >= 15 is 0 Å². The molecule has 0 aromatic carbocycles. The van der Waals surface area contributed by atoms with Gasteiger partial charge in [-0.15, -0.1) is 0 Å². The maximum absolute atomic E-state index is 12.9. The number of rotatable bonds is 3. The SMILES string of the molecule is CC1CN(Cc2cncc(F)c2)CC1C(=O)O. The Balaban J connectivity index is 2.00. The fraction of sp³-hybridized carbons (Fsp3) is 0.500. The Morgan fingerprint density at radius 3 is 2.94 bits per heavy atom. The molecule has 1 aromatic rings. The van der Waals surface area contributed by atoms with Crippen molar-refractivity contribution in [3.63, 3.8) is 0 Å². The highest BCUT2D eigenvalue weighted by atomic mass is 19.1. The van der Waals surface area contributed by atoms with Gasteiger partial charge in [-0.05, 0) is 17.5 Å². The maximum Gasteiger partial charge on any atom is 0.308 e. The van der Waals surface area contributed by atoms with Gasteiger partial charge >= 0.3 is 5.97 Å². The largest absolute Gasteiger partial charge is 0.481 e. The van der Waals surface area contributed by atoms with E-state index in [1.54, 1.807) is 6.20 Å². The first kappa shape index (κ1) is 12.0. The predicted molar refractivity (Wildman–Crippen MR) is 59.8 cm³/mol. The van der Waals surface area contributed by atoms with E-state index in [1.807, 2.05) is 11.8 Å². The van der Waals surface area contributed by atoms with Gasteiger partial charge in [0.15, 0.2) is 0 Å². The van der Waals surface area contributed by atoms with Crippen molar-refractivity contribution < 1.29 is 14.3 Å². The monoisotopic (exact) mass is 238 g/mol. The van der Waals surface area contributed by atoms with Crippen molar-refractivity contribution in [2.45, 2.75) is 13.5 Å². The molecule has 0 bridgehead atoms. The first-order chi connectivity index (χ1) is 8.06. The molecular formula is C12H15FN2O2. The summed E-state index contributed by atoms with van der Waals surface area (Å²) >= 11 is 0. The van der Waals surface area contributed by atoms with Crippen LogP contribution < -0.4 is 0 Å². The number of carbonyl (C=O) groups is 1. The zero-order valence-electron chi connectivity index (χ0n) is 9.64. The van der Waals surface area contributed by atoms with Crippen molar-refractivity contribution in [3.8, 4) is 0 Å². The summed E-state index contributed by atoms with van der Waals surface area (Å²) in [6.45, 7) is 3.74. The fourth-order valence-electron chi connectivity index (χ4n) is 2.32. The lowest BCUT2D eigenvalue weighted by molar-refractivity contribution is -0.142. The van der Waals surface area contributed by atoms with Crippen LogP contribution in [0.3, 0.4) is 0 Å². The van der Waals surface area contributed by atoms with Gasteiger partial charge in [-0.1, -0.05) is 6.92 Å². The number of halogens is 1. The summed E-state index contributed by atoms with van der Waals surface area (Å²) in [5.74, 6) is -1.30. The number of likely N-dealkylation sites (tertiary alicyclic amines) is 1. The molecule has 1 saturated heterocycles. The smallest absolute Gasteiger partial charge is 0.308 e. The second kappa shape index (κ2) is 4.79. The number of aliphatic carboxylic acids is 1. The highest BCUT2D eigenvalue weighted by Crippen LogP contribution is 2.24. The lowest BCUT2D eigenvalue weighted by Gasteiger charge is -2.14. The van der Waals surface area contributed by atoms with E-state index in [1.165, 1.54) is 6.07 Å². The minimum Gasteiger partial charge on any atom is -0.481 e. The summed E-state index contributed by atoms with van der Waals surface area (Å²) in [6.07, 6.45) is 2.78. The molecule has 2 rings (SSSR count).